The summed E-state index contributed by atoms with van der Waals surface area (Å²) < 4.78 is 6.22. The van der Waals surface area contributed by atoms with E-state index in [0.717, 1.165) is 11.3 Å². The molecule has 1 spiro atoms. The van der Waals surface area contributed by atoms with Crippen molar-refractivity contribution in [3.8, 4) is 0 Å². The lowest BCUT2D eigenvalue weighted by Crippen LogP contribution is -2.45. The van der Waals surface area contributed by atoms with Crippen LogP contribution in [0.2, 0.25) is 0 Å². The number of amides is 2. The fourth-order valence-corrected chi connectivity index (χ4v) is 4.90. The Labute approximate surface area is 175 Å². The van der Waals surface area contributed by atoms with Gasteiger partial charge in [0, 0.05) is 50.8 Å². The number of aromatic nitrogens is 2. The summed E-state index contributed by atoms with van der Waals surface area (Å²) in [6, 6.07) is 9.58. The average Bonchev–Trinajstić information content (AvgIpc) is 3.41. The van der Waals surface area contributed by atoms with Gasteiger partial charge in [-0.3, -0.25) is 19.6 Å². The molecule has 2 fully saturated rings. The molecule has 3 aliphatic heterocycles. The maximum Gasteiger partial charge on any atom is 0.230 e. The molecule has 4 atom stereocenters. The SMILES string of the molecule is CN(CCc1ccccn1)C(=O)[C@@H]1[C@@H]2C=C[C@@]3(CN(Cc4cccnc4)C(=O)[C@@H]13)O2. The van der Waals surface area contributed by atoms with Crippen molar-refractivity contribution in [3.05, 3.63) is 72.3 Å². The molecule has 7 nitrogen and oxygen atoms in total. The summed E-state index contributed by atoms with van der Waals surface area (Å²) >= 11 is 0. The van der Waals surface area contributed by atoms with E-state index < -0.39 is 17.4 Å². The van der Waals surface area contributed by atoms with E-state index in [-0.39, 0.29) is 17.9 Å². The first kappa shape index (κ1) is 18.9. The zero-order valence-electron chi connectivity index (χ0n) is 16.8. The quantitative estimate of drug-likeness (QED) is 0.682. The lowest BCUT2D eigenvalue weighted by molar-refractivity contribution is -0.142. The first-order chi connectivity index (χ1) is 14.6. The molecular weight excluding hydrogens is 380 g/mol. The summed E-state index contributed by atoms with van der Waals surface area (Å²) in [6.07, 6.45) is 9.52. The van der Waals surface area contributed by atoms with E-state index in [1.54, 1.807) is 35.4 Å². The number of likely N-dealkylation sites (tertiary alicyclic amines) is 1. The Kier molecular flexibility index (Phi) is 4.62. The Bertz CT molecular complexity index is 980. The molecule has 0 unspecified atom stereocenters. The van der Waals surface area contributed by atoms with E-state index in [2.05, 4.69) is 9.97 Å². The molecule has 0 aliphatic carbocycles. The highest BCUT2D eigenvalue weighted by molar-refractivity contribution is 5.93. The summed E-state index contributed by atoms with van der Waals surface area (Å²) in [7, 11) is 1.79. The molecule has 2 saturated heterocycles. The van der Waals surface area contributed by atoms with Crippen LogP contribution in [-0.4, -0.2) is 63.4 Å². The topological polar surface area (TPSA) is 75.6 Å². The van der Waals surface area contributed by atoms with Gasteiger partial charge in [-0.05, 0) is 23.8 Å². The van der Waals surface area contributed by atoms with Gasteiger partial charge in [0.25, 0.3) is 0 Å². The van der Waals surface area contributed by atoms with Crippen LogP contribution in [-0.2, 0) is 27.3 Å². The van der Waals surface area contributed by atoms with Gasteiger partial charge in [-0.15, -0.1) is 0 Å². The molecule has 5 heterocycles. The highest BCUT2D eigenvalue weighted by atomic mass is 16.5. The van der Waals surface area contributed by atoms with Crippen molar-refractivity contribution in [2.24, 2.45) is 11.8 Å². The molecular formula is C23H24N4O3. The van der Waals surface area contributed by atoms with Crippen molar-refractivity contribution in [1.29, 1.82) is 0 Å². The predicted molar refractivity (Wildman–Crippen MR) is 109 cm³/mol. The van der Waals surface area contributed by atoms with Crippen LogP contribution in [0.5, 0.6) is 0 Å². The summed E-state index contributed by atoms with van der Waals surface area (Å²) in [5.41, 5.74) is 1.22. The van der Waals surface area contributed by atoms with E-state index >= 15 is 0 Å². The zero-order valence-corrected chi connectivity index (χ0v) is 16.8. The van der Waals surface area contributed by atoms with Crippen LogP contribution in [0.25, 0.3) is 0 Å². The summed E-state index contributed by atoms with van der Waals surface area (Å²) in [5.74, 6) is -0.991. The number of fused-ring (bicyclic) bond motifs is 1. The molecule has 0 saturated carbocycles. The molecule has 2 aromatic heterocycles. The lowest BCUT2D eigenvalue weighted by atomic mass is 9.76. The average molecular weight is 404 g/mol. The Hall–Kier alpha value is -3.06. The molecule has 0 aromatic carbocycles. The number of nitrogens with zero attached hydrogens (tertiary/aromatic N) is 4. The van der Waals surface area contributed by atoms with Gasteiger partial charge in [0.2, 0.25) is 11.8 Å². The number of carbonyl (C=O) groups excluding carboxylic acids is 2. The van der Waals surface area contributed by atoms with E-state index in [1.807, 2.05) is 42.5 Å². The van der Waals surface area contributed by atoms with Crippen molar-refractivity contribution in [3.63, 3.8) is 0 Å². The van der Waals surface area contributed by atoms with Crippen LogP contribution in [0.15, 0.2) is 61.1 Å². The maximum atomic E-state index is 13.3. The van der Waals surface area contributed by atoms with Gasteiger partial charge in [0.1, 0.15) is 5.60 Å². The molecule has 3 aliphatic rings. The second-order valence-corrected chi connectivity index (χ2v) is 8.29. The molecule has 0 radical (unpaired) electrons. The third kappa shape index (κ3) is 3.10. The number of rotatable bonds is 6. The maximum absolute atomic E-state index is 13.3. The molecule has 7 heteroatoms. The number of ether oxygens (including phenoxy) is 1. The first-order valence-corrected chi connectivity index (χ1v) is 10.3. The molecule has 154 valence electrons. The van der Waals surface area contributed by atoms with Crippen LogP contribution in [0.1, 0.15) is 11.3 Å². The van der Waals surface area contributed by atoms with Gasteiger partial charge in [0.15, 0.2) is 0 Å². The normalized spacial score (nSPS) is 28.8. The smallest absolute Gasteiger partial charge is 0.230 e. The molecule has 5 rings (SSSR count). The van der Waals surface area contributed by atoms with Crippen molar-refractivity contribution in [2.45, 2.75) is 24.7 Å². The fraction of sp³-hybridized carbons (Fsp3) is 0.391. The molecule has 0 N–H and O–H groups in total. The summed E-state index contributed by atoms with van der Waals surface area (Å²) in [5, 5.41) is 0. The monoisotopic (exact) mass is 404 g/mol. The fourth-order valence-electron chi connectivity index (χ4n) is 4.90. The van der Waals surface area contributed by atoms with E-state index in [4.69, 9.17) is 4.74 Å². The van der Waals surface area contributed by atoms with E-state index in [0.29, 0.717) is 26.1 Å². The number of pyridine rings is 2. The predicted octanol–water partition coefficient (Wildman–Crippen LogP) is 1.46. The van der Waals surface area contributed by atoms with Crippen molar-refractivity contribution in [2.75, 3.05) is 20.1 Å². The van der Waals surface area contributed by atoms with Gasteiger partial charge in [-0.2, -0.15) is 0 Å². The Morgan fingerprint density at radius 2 is 2.20 bits per heavy atom. The lowest BCUT2D eigenvalue weighted by Gasteiger charge is -2.27. The van der Waals surface area contributed by atoms with Gasteiger partial charge in [0.05, 0.1) is 24.5 Å². The highest BCUT2D eigenvalue weighted by Crippen LogP contribution is 2.52. The summed E-state index contributed by atoms with van der Waals surface area (Å²) in [6.45, 7) is 1.50. The van der Waals surface area contributed by atoms with Crippen molar-refractivity contribution in [1.82, 2.24) is 19.8 Å². The minimum absolute atomic E-state index is 0.0119. The minimum Gasteiger partial charge on any atom is -0.360 e. The second-order valence-electron chi connectivity index (χ2n) is 8.29. The first-order valence-electron chi connectivity index (χ1n) is 10.3. The van der Waals surface area contributed by atoms with Gasteiger partial charge in [-0.25, -0.2) is 0 Å². The van der Waals surface area contributed by atoms with E-state index in [1.165, 1.54) is 0 Å². The Morgan fingerprint density at radius 3 is 2.97 bits per heavy atom. The zero-order chi connectivity index (χ0) is 20.7. The third-order valence-electron chi connectivity index (χ3n) is 6.37. The van der Waals surface area contributed by atoms with Crippen LogP contribution in [0.4, 0.5) is 0 Å². The third-order valence-corrected chi connectivity index (χ3v) is 6.37. The standard InChI is InChI=1S/C23H24N4O3/c1-26(12-8-17-6-2-3-11-25-17)21(28)19-18-7-9-23(30-18)15-27(22(29)20(19)23)14-16-5-4-10-24-13-16/h2-7,9-11,13,18-20H,8,12,14-15H2,1H3/t18-,19+,20+,23-/m0/s1. The van der Waals surface area contributed by atoms with E-state index in [9.17, 15) is 9.59 Å². The number of hydrogen-bond acceptors (Lipinski definition) is 5. The Morgan fingerprint density at radius 1 is 1.30 bits per heavy atom. The largest absolute Gasteiger partial charge is 0.360 e. The molecule has 2 aromatic rings. The molecule has 30 heavy (non-hydrogen) atoms. The van der Waals surface area contributed by atoms with Crippen LogP contribution in [0.3, 0.4) is 0 Å². The molecule has 2 bridgehead atoms. The second kappa shape index (κ2) is 7.32. The van der Waals surface area contributed by atoms with Gasteiger partial charge in [-0.1, -0.05) is 24.3 Å². The number of likely N-dealkylation sites (N-methyl/N-ethyl adjacent to an activating group) is 1. The van der Waals surface area contributed by atoms with Gasteiger partial charge >= 0.3 is 0 Å². The van der Waals surface area contributed by atoms with Gasteiger partial charge < -0.3 is 14.5 Å². The van der Waals surface area contributed by atoms with Crippen LogP contribution >= 0.6 is 0 Å². The minimum atomic E-state index is -0.688. The number of hydrogen-bond donors (Lipinski definition) is 0. The Balaban J connectivity index is 1.31. The number of carbonyl (C=O) groups is 2. The summed E-state index contributed by atoms with van der Waals surface area (Å²) in [4.78, 5) is 38.6. The van der Waals surface area contributed by atoms with Crippen molar-refractivity contribution < 1.29 is 14.3 Å². The highest BCUT2D eigenvalue weighted by Gasteiger charge is 2.67. The van der Waals surface area contributed by atoms with Crippen molar-refractivity contribution >= 4 is 11.8 Å². The van der Waals surface area contributed by atoms with Crippen LogP contribution in [0, 0.1) is 11.8 Å². The van der Waals surface area contributed by atoms with Crippen LogP contribution < -0.4 is 0 Å². The molecule has 2 amide bonds.